The Hall–Kier alpha value is -0.310. The molecule has 1 aromatic rings. The number of nitrogens with zero attached hydrogens (tertiary/aromatic N) is 1. The number of hydrogen-bond donors (Lipinski definition) is 1. The van der Waals surface area contributed by atoms with E-state index in [0.29, 0.717) is 10.2 Å². The number of aromatic nitrogens is 1. The van der Waals surface area contributed by atoms with Gasteiger partial charge in [-0.25, -0.2) is 4.98 Å². The smallest absolute Gasteiger partial charge is 0.135 e. The fraction of sp³-hybridized carbons (Fsp3) is 0.375. The van der Waals surface area contributed by atoms with Gasteiger partial charge in [-0.1, -0.05) is 30.1 Å². The Morgan fingerprint density at radius 3 is 2.75 bits per heavy atom. The normalized spacial score (nSPS) is 13.0. The van der Waals surface area contributed by atoms with Crippen LogP contribution in [0.1, 0.15) is 24.9 Å². The molecule has 0 saturated carbocycles. The molecule has 2 nitrogen and oxygen atoms in total. The minimum Gasteiger partial charge on any atom is -0.324 e. The van der Waals surface area contributed by atoms with Crippen LogP contribution in [0.2, 0.25) is 10.2 Å². The average Bonchev–Trinajstić information content (AvgIpc) is 2.03. The number of halogens is 2. The first-order chi connectivity index (χ1) is 5.66. The van der Waals surface area contributed by atoms with Crippen LogP contribution in [-0.4, -0.2) is 4.98 Å². The maximum atomic E-state index is 5.90. The lowest BCUT2D eigenvalue weighted by Crippen LogP contribution is -2.10. The molecule has 1 rings (SSSR count). The first kappa shape index (κ1) is 9.78. The molecule has 0 amide bonds. The summed E-state index contributed by atoms with van der Waals surface area (Å²) in [4.78, 5) is 3.91. The predicted octanol–water partition coefficient (Wildman–Crippen LogP) is 2.80. The van der Waals surface area contributed by atoms with Crippen molar-refractivity contribution in [2.24, 2.45) is 5.73 Å². The van der Waals surface area contributed by atoms with Gasteiger partial charge in [-0.3, -0.25) is 0 Å². The second kappa shape index (κ2) is 4.08. The van der Waals surface area contributed by atoms with Gasteiger partial charge in [0.15, 0.2) is 0 Å². The third kappa shape index (κ3) is 1.89. The van der Waals surface area contributed by atoms with Crippen LogP contribution in [-0.2, 0) is 0 Å². The van der Waals surface area contributed by atoms with E-state index in [1.807, 2.05) is 6.92 Å². The van der Waals surface area contributed by atoms with Gasteiger partial charge in [-0.05, 0) is 12.5 Å². The van der Waals surface area contributed by atoms with Gasteiger partial charge in [-0.15, -0.1) is 0 Å². The lowest BCUT2D eigenvalue weighted by atomic mass is 10.1. The summed E-state index contributed by atoms with van der Waals surface area (Å²) in [5.74, 6) is 0. The van der Waals surface area contributed by atoms with E-state index >= 15 is 0 Å². The van der Waals surface area contributed by atoms with Crippen LogP contribution in [0.25, 0.3) is 0 Å². The molecule has 4 heteroatoms. The molecule has 0 saturated heterocycles. The van der Waals surface area contributed by atoms with Gasteiger partial charge in [0.2, 0.25) is 0 Å². The maximum Gasteiger partial charge on any atom is 0.135 e. The van der Waals surface area contributed by atoms with Gasteiger partial charge in [0.1, 0.15) is 5.15 Å². The molecule has 2 N–H and O–H groups in total. The molecule has 1 heterocycles. The summed E-state index contributed by atoms with van der Waals surface area (Å²) in [6.45, 7) is 1.98. The number of rotatable bonds is 2. The largest absolute Gasteiger partial charge is 0.324 e. The summed E-state index contributed by atoms with van der Waals surface area (Å²) in [5.41, 5.74) is 6.53. The van der Waals surface area contributed by atoms with E-state index in [1.165, 1.54) is 0 Å². The highest BCUT2D eigenvalue weighted by Gasteiger charge is 2.12. The van der Waals surface area contributed by atoms with E-state index in [4.69, 9.17) is 28.9 Å². The summed E-state index contributed by atoms with van der Waals surface area (Å²) in [6.07, 6.45) is 2.36. The van der Waals surface area contributed by atoms with Crippen LogP contribution in [0.15, 0.2) is 12.3 Å². The van der Waals surface area contributed by atoms with Gasteiger partial charge >= 0.3 is 0 Å². The Labute approximate surface area is 81.7 Å². The Bertz CT molecular complexity index is 256. The molecule has 0 aromatic carbocycles. The van der Waals surface area contributed by atoms with Crippen LogP contribution in [0, 0.1) is 0 Å². The van der Waals surface area contributed by atoms with Crippen LogP contribution in [0.5, 0.6) is 0 Å². The molecular weight excluding hydrogens is 195 g/mol. The highest BCUT2D eigenvalue weighted by molar-refractivity contribution is 6.35. The van der Waals surface area contributed by atoms with Crippen molar-refractivity contribution in [2.75, 3.05) is 0 Å². The molecule has 1 atom stereocenters. The second-order valence-corrected chi connectivity index (χ2v) is 3.28. The zero-order valence-electron chi connectivity index (χ0n) is 6.72. The van der Waals surface area contributed by atoms with Crippen LogP contribution in [0.4, 0.5) is 0 Å². The lowest BCUT2D eigenvalue weighted by molar-refractivity contribution is 0.696. The third-order valence-electron chi connectivity index (χ3n) is 1.70. The Kier molecular flexibility index (Phi) is 3.32. The molecule has 0 bridgehead atoms. The minimum atomic E-state index is -0.126. The average molecular weight is 205 g/mol. The van der Waals surface area contributed by atoms with Crippen molar-refractivity contribution in [1.82, 2.24) is 4.98 Å². The van der Waals surface area contributed by atoms with Crippen molar-refractivity contribution < 1.29 is 0 Å². The second-order valence-electron chi connectivity index (χ2n) is 2.51. The van der Waals surface area contributed by atoms with E-state index in [0.717, 1.165) is 12.0 Å². The van der Waals surface area contributed by atoms with Crippen LogP contribution in [0.3, 0.4) is 0 Å². The highest BCUT2D eigenvalue weighted by atomic mass is 35.5. The van der Waals surface area contributed by atoms with Crippen molar-refractivity contribution in [1.29, 1.82) is 0 Å². The summed E-state index contributed by atoms with van der Waals surface area (Å²) in [5, 5.41) is 0.987. The van der Waals surface area contributed by atoms with Crippen LogP contribution < -0.4 is 5.73 Å². The summed E-state index contributed by atoms with van der Waals surface area (Å²) < 4.78 is 0. The summed E-state index contributed by atoms with van der Waals surface area (Å²) in [7, 11) is 0. The number of pyridine rings is 1. The van der Waals surface area contributed by atoms with Crippen molar-refractivity contribution >= 4 is 23.2 Å². The Morgan fingerprint density at radius 2 is 2.25 bits per heavy atom. The molecular formula is C8H10Cl2N2. The zero-order chi connectivity index (χ0) is 9.14. The summed E-state index contributed by atoms with van der Waals surface area (Å²) >= 11 is 11.7. The highest BCUT2D eigenvalue weighted by Crippen LogP contribution is 2.28. The predicted molar refractivity (Wildman–Crippen MR) is 51.5 cm³/mol. The lowest BCUT2D eigenvalue weighted by Gasteiger charge is -2.11. The minimum absolute atomic E-state index is 0.126. The van der Waals surface area contributed by atoms with Gasteiger partial charge in [-0.2, -0.15) is 0 Å². The first-order valence-corrected chi connectivity index (χ1v) is 4.48. The molecule has 0 radical (unpaired) electrons. The first-order valence-electron chi connectivity index (χ1n) is 3.72. The SMILES string of the molecule is CCC(N)c1c(Cl)ccnc1Cl. The zero-order valence-corrected chi connectivity index (χ0v) is 8.23. The van der Waals surface area contributed by atoms with Crippen molar-refractivity contribution in [3.63, 3.8) is 0 Å². The maximum absolute atomic E-state index is 5.90. The van der Waals surface area contributed by atoms with Gasteiger partial charge in [0.05, 0.1) is 0 Å². The van der Waals surface area contributed by atoms with E-state index in [2.05, 4.69) is 4.98 Å². The molecule has 66 valence electrons. The standard InChI is InChI=1S/C8H10Cl2N2/c1-2-6(11)7-5(9)3-4-12-8(7)10/h3-4,6H,2,11H2,1H3. The van der Waals surface area contributed by atoms with E-state index in [-0.39, 0.29) is 6.04 Å². The Morgan fingerprint density at radius 1 is 1.58 bits per heavy atom. The molecule has 0 aliphatic rings. The van der Waals surface area contributed by atoms with Crippen molar-refractivity contribution in [3.8, 4) is 0 Å². The van der Waals surface area contributed by atoms with Gasteiger partial charge in [0, 0.05) is 22.8 Å². The van der Waals surface area contributed by atoms with Crippen molar-refractivity contribution in [3.05, 3.63) is 28.0 Å². The van der Waals surface area contributed by atoms with Crippen LogP contribution >= 0.6 is 23.2 Å². The molecule has 0 aliphatic carbocycles. The molecule has 1 unspecified atom stereocenters. The summed E-state index contributed by atoms with van der Waals surface area (Å²) in [6, 6.07) is 1.57. The Balaban J connectivity index is 3.12. The monoisotopic (exact) mass is 204 g/mol. The topological polar surface area (TPSA) is 38.9 Å². The quantitative estimate of drug-likeness (QED) is 0.754. The molecule has 1 aromatic heterocycles. The van der Waals surface area contributed by atoms with E-state index in [1.54, 1.807) is 12.3 Å². The van der Waals surface area contributed by atoms with Gasteiger partial charge in [0.25, 0.3) is 0 Å². The fourth-order valence-electron chi connectivity index (χ4n) is 0.960. The molecule has 0 fully saturated rings. The molecule has 0 spiro atoms. The number of hydrogen-bond acceptors (Lipinski definition) is 2. The fourth-order valence-corrected chi connectivity index (χ4v) is 1.59. The molecule has 0 aliphatic heterocycles. The van der Waals surface area contributed by atoms with Crippen molar-refractivity contribution in [2.45, 2.75) is 19.4 Å². The third-order valence-corrected chi connectivity index (χ3v) is 2.33. The van der Waals surface area contributed by atoms with E-state index in [9.17, 15) is 0 Å². The van der Waals surface area contributed by atoms with Gasteiger partial charge < -0.3 is 5.73 Å². The van der Waals surface area contributed by atoms with E-state index < -0.39 is 0 Å². The number of nitrogens with two attached hydrogens (primary N) is 1. The molecule has 12 heavy (non-hydrogen) atoms.